The topological polar surface area (TPSA) is 38.3 Å². The van der Waals surface area contributed by atoms with Crippen LogP contribution in [0.1, 0.15) is 0 Å². The molecule has 0 spiro atoms. The highest BCUT2D eigenvalue weighted by Crippen LogP contribution is 2.03. The Morgan fingerprint density at radius 3 is 2.91 bits per heavy atom. The number of ether oxygens (including phenoxy) is 1. The minimum absolute atomic E-state index is 0.130. The monoisotopic (exact) mass is 163 g/mol. The summed E-state index contributed by atoms with van der Waals surface area (Å²) in [6.07, 6.45) is -1.02. The van der Waals surface area contributed by atoms with Crippen LogP contribution in [0.15, 0.2) is 11.8 Å². The average molecular weight is 163 g/mol. The lowest BCUT2D eigenvalue weighted by atomic mass is 10.4. The number of cyclic esters (lactones) is 1. The molecule has 0 fully saturated rings. The number of alkyl halides is 2. The Bertz CT molecular complexity index is 191. The summed E-state index contributed by atoms with van der Waals surface area (Å²) in [6, 6.07) is 0. The second-order valence-electron chi connectivity index (χ2n) is 1.99. The van der Waals surface area contributed by atoms with Crippen LogP contribution in [0.4, 0.5) is 8.78 Å². The number of hydrogen-bond acceptors (Lipinski definition) is 3. The molecule has 1 rings (SSSR count). The summed E-state index contributed by atoms with van der Waals surface area (Å²) < 4.78 is 27.6. The predicted molar refractivity (Wildman–Crippen MR) is 33.0 cm³/mol. The first kappa shape index (κ1) is 7.97. The highest BCUT2D eigenvalue weighted by molar-refractivity contribution is 5.89. The van der Waals surface area contributed by atoms with Crippen LogP contribution < -0.4 is 5.32 Å². The fourth-order valence-electron chi connectivity index (χ4n) is 0.693. The number of carbonyl (C=O) groups is 1. The van der Waals surface area contributed by atoms with Gasteiger partial charge in [0, 0.05) is 0 Å². The number of carbonyl (C=O) groups excluding carboxylic acids is 1. The Morgan fingerprint density at radius 1 is 1.73 bits per heavy atom. The molecule has 0 atom stereocenters. The third kappa shape index (κ3) is 2.18. The molecule has 5 heteroatoms. The minimum atomic E-state index is -2.45. The molecule has 3 nitrogen and oxygen atoms in total. The van der Waals surface area contributed by atoms with E-state index in [-0.39, 0.29) is 12.3 Å². The quantitative estimate of drug-likeness (QED) is 0.607. The third-order valence-corrected chi connectivity index (χ3v) is 1.17. The van der Waals surface area contributed by atoms with Crippen LogP contribution in [0.5, 0.6) is 0 Å². The Labute approximate surface area is 62.0 Å². The molecule has 0 aromatic heterocycles. The van der Waals surface area contributed by atoms with Crippen molar-refractivity contribution in [2.24, 2.45) is 0 Å². The van der Waals surface area contributed by atoms with Gasteiger partial charge in [0.1, 0.15) is 12.3 Å². The van der Waals surface area contributed by atoms with Gasteiger partial charge < -0.3 is 10.1 Å². The zero-order valence-corrected chi connectivity index (χ0v) is 5.64. The van der Waals surface area contributed by atoms with Crippen LogP contribution >= 0.6 is 0 Å². The molecule has 1 aliphatic heterocycles. The molecular weight excluding hydrogens is 156 g/mol. The smallest absolute Gasteiger partial charge is 0.354 e. The molecule has 0 saturated heterocycles. The van der Waals surface area contributed by atoms with E-state index in [2.05, 4.69) is 10.1 Å². The van der Waals surface area contributed by atoms with Crippen molar-refractivity contribution in [3.05, 3.63) is 11.8 Å². The van der Waals surface area contributed by atoms with Crippen molar-refractivity contribution in [2.45, 2.75) is 6.43 Å². The number of rotatable bonds is 3. The van der Waals surface area contributed by atoms with Gasteiger partial charge in [0.2, 0.25) is 0 Å². The van der Waals surface area contributed by atoms with Gasteiger partial charge in [-0.3, -0.25) is 0 Å². The molecule has 0 aromatic rings. The normalized spacial score (nSPS) is 16.6. The molecular formula is C6H7F2NO2. The van der Waals surface area contributed by atoms with Crippen molar-refractivity contribution in [3.63, 3.8) is 0 Å². The van der Waals surface area contributed by atoms with Gasteiger partial charge in [0.15, 0.2) is 0 Å². The van der Waals surface area contributed by atoms with Crippen molar-refractivity contribution >= 4 is 5.97 Å². The van der Waals surface area contributed by atoms with Gasteiger partial charge in [-0.2, -0.15) is 0 Å². The van der Waals surface area contributed by atoms with E-state index in [1.54, 1.807) is 0 Å². The third-order valence-electron chi connectivity index (χ3n) is 1.17. The summed E-state index contributed by atoms with van der Waals surface area (Å²) >= 11 is 0. The molecule has 0 aliphatic carbocycles. The number of esters is 1. The molecule has 11 heavy (non-hydrogen) atoms. The molecule has 62 valence electrons. The highest BCUT2D eigenvalue weighted by Gasteiger charge is 2.16. The van der Waals surface area contributed by atoms with Crippen LogP contribution in [-0.2, 0) is 9.53 Å². The van der Waals surface area contributed by atoms with Gasteiger partial charge in [-0.15, -0.1) is 0 Å². The Kier molecular flexibility index (Phi) is 2.40. The lowest BCUT2D eigenvalue weighted by molar-refractivity contribution is -0.136. The van der Waals surface area contributed by atoms with Crippen LogP contribution in [-0.4, -0.2) is 25.5 Å². The molecule has 0 radical (unpaired) electrons. The van der Waals surface area contributed by atoms with E-state index in [9.17, 15) is 13.6 Å². The highest BCUT2D eigenvalue weighted by atomic mass is 19.3. The lowest BCUT2D eigenvalue weighted by Crippen LogP contribution is -2.23. The summed E-state index contributed by atoms with van der Waals surface area (Å²) in [5.41, 5.74) is 0.130. The van der Waals surface area contributed by atoms with Crippen molar-refractivity contribution in [2.75, 3.05) is 13.2 Å². The number of hydrogen-bond donors (Lipinski definition) is 1. The molecule has 0 amide bonds. The predicted octanol–water partition coefficient (Wildman–Crippen LogP) is 0.282. The molecule has 0 saturated carbocycles. The van der Waals surface area contributed by atoms with Crippen molar-refractivity contribution < 1.29 is 18.3 Å². The summed E-state index contributed by atoms with van der Waals surface area (Å²) in [5, 5.41) is 2.27. The van der Waals surface area contributed by atoms with Gasteiger partial charge in [-0.25, -0.2) is 13.6 Å². The maximum absolute atomic E-state index is 11.6. The summed E-state index contributed by atoms with van der Waals surface area (Å²) in [5.74, 6) is -0.564. The fraction of sp³-hybridized carbons (Fsp3) is 0.500. The first-order valence-electron chi connectivity index (χ1n) is 3.09. The summed E-state index contributed by atoms with van der Waals surface area (Å²) in [7, 11) is 0. The maximum atomic E-state index is 11.6. The van der Waals surface area contributed by atoms with Crippen LogP contribution in [0.25, 0.3) is 0 Å². The zero-order chi connectivity index (χ0) is 8.27. The molecule has 0 bridgehead atoms. The van der Waals surface area contributed by atoms with Gasteiger partial charge in [-0.1, -0.05) is 0 Å². The summed E-state index contributed by atoms with van der Waals surface area (Å²) in [6.45, 7) is -0.342. The lowest BCUT2D eigenvalue weighted by Gasteiger charge is -2.02. The van der Waals surface area contributed by atoms with E-state index in [1.807, 2.05) is 0 Å². The standard InChI is InChI=1S/C6H7F2NO2/c7-5(8)3-9-4-1-2-11-6(4)10/h1,5,9H,2-3H2. The van der Waals surface area contributed by atoms with E-state index in [0.717, 1.165) is 0 Å². The van der Waals surface area contributed by atoms with E-state index < -0.39 is 18.9 Å². The van der Waals surface area contributed by atoms with Gasteiger partial charge in [0.05, 0.1) is 6.54 Å². The minimum Gasteiger partial charge on any atom is -0.457 e. The van der Waals surface area contributed by atoms with Crippen LogP contribution in [0.3, 0.4) is 0 Å². The first-order valence-corrected chi connectivity index (χ1v) is 3.09. The largest absolute Gasteiger partial charge is 0.457 e. The van der Waals surface area contributed by atoms with E-state index >= 15 is 0 Å². The molecule has 1 heterocycles. The van der Waals surface area contributed by atoms with E-state index in [0.29, 0.717) is 0 Å². The first-order chi connectivity index (χ1) is 5.20. The van der Waals surface area contributed by atoms with Crippen molar-refractivity contribution in [3.8, 4) is 0 Å². The van der Waals surface area contributed by atoms with Crippen molar-refractivity contribution in [1.82, 2.24) is 5.32 Å². The fourth-order valence-corrected chi connectivity index (χ4v) is 0.693. The van der Waals surface area contributed by atoms with E-state index in [1.165, 1.54) is 6.08 Å². The number of halogens is 2. The second kappa shape index (κ2) is 3.32. The Hall–Kier alpha value is -1.13. The van der Waals surface area contributed by atoms with Crippen molar-refractivity contribution in [1.29, 1.82) is 0 Å². The Balaban J connectivity index is 2.31. The summed E-state index contributed by atoms with van der Waals surface area (Å²) in [4.78, 5) is 10.6. The Morgan fingerprint density at radius 2 is 2.45 bits per heavy atom. The van der Waals surface area contributed by atoms with Gasteiger partial charge in [0.25, 0.3) is 6.43 Å². The molecule has 1 N–H and O–H groups in total. The SMILES string of the molecule is O=C1OCC=C1NCC(F)F. The average Bonchev–Trinajstić information content (AvgIpc) is 2.31. The molecule has 0 unspecified atom stereocenters. The zero-order valence-electron chi connectivity index (χ0n) is 5.64. The van der Waals surface area contributed by atoms with Gasteiger partial charge in [-0.05, 0) is 6.08 Å². The van der Waals surface area contributed by atoms with Crippen LogP contribution in [0.2, 0.25) is 0 Å². The van der Waals surface area contributed by atoms with Crippen LogP contribution in [0, 0.1) is 0 Å². The number of nitrogens with one attached hydrogen (secondary N) is 1. The van der Waals surface area contributed by atoms with Gasteiger partial charge >= 0.3 is 5.97 Å². The second-order valence-corrected chi connectivity index (χ2v) is 1.99. The maximum Gasteiger partial charge on any atom is 0.354 e. The molecule has 1 aliphatic rings. The van der Waals surface area contributed by atoms with E-state index in [4.69, 9.17) is 0 Å². The molecule has 0 aromatic carbocycles.